The van der Waals surface area contributed by atoms with Crippen LogP contribution in [0.25, 0.3) is 0 Å². The van der Waals surface area contributed by atoms with Crippen molar-refractivity contribution in [1.29, 1.82) is 0 Å². The first-order chi connectivity index (χ1) is 10.9. The van der Waals surface area contributed by atoms with Crippen LogP contribution in [0, 0.1) is 0 Å². The predicted molar refractivity (Wildman–Crippen MR) is 94.9 cm³/mol. The molecular formula is C20H25NO. The van der Waals surface area contributed by atoms with Crippen LogP contribution in [-0.2, 0) is 0 Å². The summed E-state index contributed by atoms with van der Waals surface area (Å²) in [6, 6.07) is 18.3. The highest BCUT2D eigenvalue weighted by atomic mass is 16.5. The number of hydrogen-bond acceptors (Lipinski definition) is 2. The molecule has 2 heteroatoms. The maximum absolute atomic E-state index is 5.77. The fraction of sp³-hybridized carbons (Fsp3) is 0.300. The number of rotatable bonds is 10. The van der Waals surface area contributed by atoms with Gasteiger partial charge in [0.2, 0.25) is 0 Å². The summed E-state index contributed by atoms with van der Waals surface area (Å²) in [4.78, 5) is 0. The van der Waals surface area contributed by atoms with Gasteiger partial charge in [0.25, 0.3) is 0 Å². The van der Waals surface area contributed by atoms with E-state index in [1.54, 1.807) is 0 Å². The fourth-order valence-electron chi connectivity index (χ4n) is 2.26. The van der Waals surface area contributed by atoms with Gasteiger partial charge in [-0.15, -0.1) is 6.58 Å². The molecule has 0 radical (unpaired) electrons. The molecule has 0 heterocycles. The van der Waals surface area contributed by atoms with Crippen LogP contribution in [0.5, 0.6) is 5.75 Å². The normalized spacial score (nSPS) is 10.2. The molecular weight excluding hydrogens is 270 g/mol. The Morgan fingerprint density at radius 2 is 1.50 bits per heavy atom. The van der Waals surface area contributed by atoms with E-state index in [0.717, 1.165) is 36.6 Å². The van der Waals surface area contributed by atoms with Crippen LogP contribution in [0.15, 0.2) is 67.3 Å². The molecule has 0 aliphatic carbocycles. The third-order valence-corrected chi connectivity index (χ3v) is 3.49. The summed E-state index contributed by atoms with van der Waals surface area (Å²) in [7, 11) is 0. The van der Waals surface area contributed by atoms with Gasteiger partial charge in [-0.1, -0.05) is 37.1 Å². The molecule has 2 nitrogen and oxygen atoms in total. The maximum atomic E-state index is 5.77. The minimum absolute atomic E-state index is 0.791. The van der Waals surface area contributed by atoms with Crippen LogP contribution in [0.3, 0.4) is 0 Å². The SMILES string of the molecule is C=CCCCCCCOc1ccc(Nc2ccccc2)cc1. The molecule has 0 saturated heterocycles. The summed E-state index contributed by atoms with van der Waals surface area (Å²) in [5, 5.41) is 3.36. The lowest BCUT2D eigenvalue weighted by Crippen LogP contribution is -1.97. The number of unbranched alkanes of at least 4 members (excludes halogenated alkanes) is 4. The van der Waals surface area contributed by atoms with E-state index in [0.29, 0.717) is 0 Å². The molecule has 2 rings (SSSR count). The van der Waals surface area contributed by atoms with Crippen LogP contribution in [-0.4, -0.2) is 6.61 Å². The zero-order valence-corrected chi connectivity index (χ0v) is 13.1. The number of para-hydroxylation sites is 1. The second-order valence-electron chi connectivity index (χ2n) is 5.36. The van der Waals surface area contributed by atoms with E-state index in [1.807, 2.05) is 48.5 Å². The molecule has 2 aromatic rings. The zero-order valence-electron chi connectivity index (χ0n) is 13.1. The van der Waals surface area contributed by atoms with Crippen LogP contribution >= 0.6 is 0 Å². The monoisotopic (exact) mass is 295 g/mol. The summed E-state index contributed by atoms with van der Waals surface area (Å²) in [6.07, 6.45) is 7.94. The van der Waals surface area contributed by atoms with E-state index in [9.17, 15) is 0 Å². The highest BCUT2D eigenvalue weighted by Crippen LogP contribution is 2.20. The third-order valence-electron chi connectivity index (χ3n) is 3.49. The van der Waals surface area contributed by atoms with Gasteiger partial charge in [-0.25, -0.2) is 0 Å². The number of benzene rings is 2. The van der Waals surface area contributed by atoms with Gasteiger partial charge in [0.1, 0.15) is 5.75 Å². The Labute approximate surface area is 133 Å². The Morgan fingerprint density at radius 3 is 2.23 bits per heavy atom. The van der Waals surface area contributed by atoms with Gasteiger partial charge in [0, 0.05) is 11.4 Å². The van der Waals surface area contributed by atoms with Crippen LogP contribution in [0.1, 0.15) is 32.1 Å². The van der Waals surface area contributed by atoms with E-state index in [1.165, 1.54) is 19.3 Å². The molecule has 0 saturated carbocycles. The summed E-state index contributed by atoms with van der Waals surface area (Å²) >= 11 is 0. The first-order valence-corrected chi connectivity index (χ1v) is 8.04. The van der Waals surface area contributed by atoms with E-state index in [-0.39, 0.29) is 0 Å². The second-order valence-corrected chi connectivity index (χ2v) is 5.36. The van der Waals surface area contributed by atoms with Crippen LogP contribution < -0.4 is 10.1 Å². The lowest BCUT2D eigenvalue weighted by atomic mass is 10.1. The fourth-order valence-corrected chi connectivity index (χ4v) is 2.26. The van der Waals surface area contributed by atoms with Crippen molar-refractivity contribution in [3.05, 3.63) is 67.3 Å². The van der Waals surface area contributed by atoms with Gasteiger partial charge in [-0.2, -0.15) is 0 Å². The topological polar surface area (TPSA) is 21.3 Å². The van der Waals surface area contributed by atoms with Crippen molar-refractivity contribution in [3.63, 3.8) is 0 Å². The maximum Gasteiger partial charge on any atom is 0.119 e. The van der Waals surface area contributed by atoms with Crippen molar-refractivity contribution in [2.45, 2.75) is 32.1 Å². The number of ether oxygens (including phenoxy) is 1. The average molecular weight is 295 g/mol. The Kier molecular flexibility index (Phi) is 7.10. The molecule has 0 unspecified atom stereocenters. The average Bonchev–Trinajstić information content (AvgIpc) is 2.56. The Hall–Kier alpha value is -2.22. The van der Waals surface area contributed by atoms with Crippen molar-refractivity contribution in [1.82, 2.24) is 0 Å². The molecule has 0 atom stereocenters. The molecule has 1 N–H and O–H groups in total. The molecule has 0 aliphatic rings. The molecule has 0 fully saturated rings. The number of nitrogens with one attached hydrogen (secondary N) is 1. The Balaban J connectivity index is 1.67. The molecule has 0 aromatic heterocycles. The molecule has 0 amide bonds. The lowest BCUT2D eigenvalue weighted by molar-refractivity contribution is 0.305. The highest BCUT2D eigenvalue weighted by Gasteiger charge is 1.97. The van der Waals surface area contributed by atoms with Gasteiger partial charge in [0.05, 0.1) is 6.61 Å². The number of hydrogen-bond donors (Lipinski definition) is 1. The van der Waals surface area contributed by atoms with Crippen LogP contribution in [0.4, 0.5) is 11.4 Å². The number of anilines is 2. The lowest BCUT2D eigenvalue weighted by Gasteiger charge is -2.09. The Bertz CT molecular complexity index is 533. The first kappa shape index (κ1) is 16.2. The summed E-state index contributed by atoms with van der Waals surface area (Å²) in [5.41, 5.74) is 2.17. The van der Waals surface area contributed by atoms with Crippen molar-refractivity contribution >= 4 is 11.4 Å². The van der Waals surface area contributed by atoms with Crippen molar-refractivity contribution < 1.29 is 4.74 Å². The van der Waals surface area contributed by atoms with E-state index < -0.39 is 0 Å². The van der Waals surface area contributed by atoms with E-state index in [2.05, 4.69) is 24.0 Å². The summed E-state index contributed by atoms with van der Waals surface area (Å²) in [6.45, 7) is 4.53. The smallest absolute Gasteiger partial charge is 0.119 e. The van der Waals surface area contributed by atoms with E-state index >= 15 is 0 Å². The van der Waals surface area contributed by atoms with Gasteiger partial charge in [-0.05, 0) is 55.7 Å². The van der Waals surface area contributed by atoms with Gasteiger partial charge >= 0.3 is 0 Å². The highest BCUT2D eigenvalue weighted by molar-refractivity contribution is 5.59. The van der Waals surface area contributed by atoms with Gasteiger partial charge in [-0.3, -0.25) is 0 Å². The molecule has 22 heavy (non-hydrogen) atoms. The third kappa shape index (κ3) is 6.04. The zero-order chi connectivity index (χ0) is 15.5. The Morgan fingerprint density at radius 1 is 0.818 bits per heavy atom. The molecule has 0 bridgehead atoms. The van der Waals surface area contributed by atoms with Crippen LogP contribution in [0.2, 0.25) is 0 Å². The van der Waals surface area contributed by atoms with Crippen molar-refractivity contribution in [2.24, 2.45) is 0 Å². The number of allylic oxidation sites excluding steroid dienone is 1. The molecule has 2 aromatic carbocycles. The molecule has 0 aliphatic heterocycles. The van der Waals surface area contributed by atoms with Crippen molar-refractivity contribution in [3.8, 4) is 5.75 Å². The van der Waals surface area contributed by atoms with Gasteiger partial charge in [0.15, 0.2) is 0 Å². The van der Waals surface area contributed by atoms with Crippen molar-refractivity contribution in [2.75, 3.05) is 11.9 Å². The summed E-state index contributed by atoms with van der Waals surface area (Å²) in [5.74, 6) is 0.935. The predicted octanol–water partition coefficient (Wildman–Crippen LogP) is 5.95. The van der Waals surface area contributed by atoms with E-state index in [4.69, 9.17) is 4.74 Å². The van der Waals surface area contributed by atoms with Gasteiger partial charge < -0.3 is 10.1 Å². The standard InChI is InChI=1S/C20H25NO/c1-2-3-4-5-6-10-17-22-20-15-13-19(14-16-20)21-18-11-8-7-9-12-18/h2,7-9,11-16,21H,1,3-6,10,17H2. The second kappa shape index (κ2) is 9.67. The first-order valence-electron chi connectivity index (χ1n) is 8.04. The minimum atomic E-state index is 0.791. The largest absolute Gasteiger partial charge is 0.494 e. The molecule has 0 spiro atoms. The molecule has 116 valence electrons. The minimum Gasteiger partial charge on any atom is -0.494 e. The summed E-state index contributed by atoms with van der Waals surface area (Å²) < 4.78 is 5.77. The quantitative estimate of drug-likeness (QED) is 0.432.